The Morgan fingerprint density at radius 1 is 1.68 bits per heavy atom. The number of hydrogen-bond donors (Lipinski definition) is 3. The summed E-state index contributed by atoms with van der Waals surface area (Å²) < 4.78 is 20.3. The van der Waals surface area contributed by atoms with E-state index in [1.54, 1.807) is 7.05 Å². The monoisotopic (exact) mass is 273 g/mol. The van der Waals surface area contributed by atoms with Crippen molar-refractivity contribution in [3.8, 4) is 0 Å². The van der Waals surface area contributed by atoms with Crippen LogP contribution in [0.25, 0.3) is 0 Å². The number of nitrogens with zero attached hydrogens (tertiary/aromatic N) is 2. The van der Waals surface area contributed by atoms with Crippen molar-refractivity contribution in [2.45, 2.75) is 31.0 Å². The van der Waals surface area contributed by atoms with Gasteiger partial charge in [-0.25, -0.2) is 9.18 Å². The molecule has 8 heteroatoms. The van der Waals surface area contributed by atoms with Crippen LogP contribution >= 0.6 is 0 Å². The summed E-state index contributed by atoms with van der Waals surface area (Å²) in [4.78, 5) is 15.4. The summed E-state index contributed by atoms with van der Waals surface area (Å²) in [6, 6.07) is 1.48. The first kappa shape index (κ1) is 13.9. The highest BCUT2D eigenvalue weighted by Crippen LogP contribution is 2.37. The van der Waals surface area contributed by atoms with E-state index in [0.717, 1.165) is 4.57 Å². The van der Waals surface area contributed by atoms with Crippen LogP contribution in [0.15, 0.2) is 17.1 Å². The molecule has 1 fully saturated rings. The van der Waals surface area contributed by atoms with Crippen LogP contribution in [-0.2, 0) is 4.74 Å². The number of halogens is 1. The van der Waals surface area contributed by atoms with Gasteiger partial charge in [-0.15, -0.1) is 0 Å². The minimum absolute atomic E-state index is 0.347. The van der Waals surface area contributed by atoms with E-state index in [9.17, 15) is 14.3 Å². The lowest BCUT2D eigenvalue weighted by Gasteiger charge is -2.24. The molecular weight excluding hydrogens is 257 g/mol. The highest BCUT2D eigenvalue weighted by molar-refractivity contribution is 5.30. The molecule has 0 bridgehead atoms. The van der Waals surface area contributed by atoms with E-state index in [2.05, 4.69) is 10.3 Å². The van der Waals surface area contributed by atoms with Gasteiger partial charge >= 0.3 is 5.69 Å². The first-order valence-electron chi connectivity index (χ1n) is 5.80. The van der Waals surface area contributed by atoms with Gasteiger partial charge in [0.15, 0.2) is 12.4 Å². The molecule has 0 amide bonds. The van der Waals surface area contributed by atoms with Crippen molar-refractivity contribution in [1.29, 1.82) is 0 Å². The summed E-state index contributed by atoms with van der Waals surface area (Å²) in [5.74, 6) is 0.347. The molecule has 1 aromatic rings. The van der Waals surface area contributed by atoms with Gasteiger partial charge in [0.05, 0.1) is 6.61 Å². The molecule has 2 heterocycles. The van der Waals surface area contributed by atoms with Crippen molar-refractivity contribution < 1.29 is 19.3 Å². The normalized spacial score (nSPS) is 34.5. The summed E-state index contributed by atoms with van der Waals surface area (Å²) in [5.41, 5.74) is -2.14. The number of nitrogens with one attached hydrogen (secondary N) is 1. The van der Waals surface area contributed by atoms with E-state index in [4.69, 9.17) is 9.84 Å². The van der Waals surface area contributed by atoms with Gasteiger partial charge in [-0.1, -0.05) is 0 Å². The fraction of sp³-hybridized carbons (Fsp3) is 0.636. The zero-order valence-electron chi connectivity index (χ0n) is 10.6. The van der Waals surface area contributed by atoms with E-state index in [-0.39, 0.29) is 0 Å². The highest BCUT2D eigenvalue weighted by Gasteiger charge is 2.53. The van der Waals surface area contributed by atoms with E-state index >= 15 is 0 Å². The highest BCUT2D eigenvalue weighted by atomic mass is 19.1. The third kappa shape index (κ3) is 2.22. The molecule has 7 nitrogen and oxygen atoms in total. The standard InChI is InChI=1S/C11H16FN3O4/c1-11(5-16)8(17)7(12)9(19-11)15-4-3-6(13-2)14-10(15)18/h3-4,7-9,16-17H,5H2,1-2H3,(H,13,14,18)/t7-,8+,9-,11-/m1/s1. The maximum absolute atomic E-state index is 14.0. The molecular formula is C11H16FN3O4. The van der Waals surface area contributed by atoms with Crippen LogP contribution in [0.1, 0.15) is 13.2 Å². The van der Waals surface area contributed by atoms with Gasteiger partial charge in [-0.3, -0.25) is 4.57 Å². The number of ether oxygens (including phenoxy) is 1. The lowest BCUT2D eigenvalue weighted by Crippen LogP contribution is -2.42. The summed E-state index contributed by atoms with van der Waals surface area (Å²) in [7, 11) is 1.60. The zero-order valence-corrected chi connectivity index (χ0v) is 10.6. The van der Waals surface area contributed by atoms with Crippen molar-refractivity contribution in [1.82, 2.24) is 9.55 Å². The Hall–Kier alpha value is -1.51. The number of aliphatic hydroxyl groups excluding tert-OH is 2. The minimum atomic E-state index is -1.82. The van der Waals surface area contributed by atoms with E-state index in [1.165, 1.54) is 19.2 Å². The fourth-order valence-corrected chi connectivity index (χ4v) is 1.99. The van der Waals surface area contributed by atoms with Crippen molar-refractivity contribution in [3.63, 3.8) is 0 Å². The van der Waals surface area contributed by atoms with Crippen LogP contribution in [-0.4, -0.2) is 51.3 Å². The summed E-state index contributed by atoms with van der Waals surface area (Å²) in [6.45, 7) is 0.826. The Kier molecular flexibility index (Phi) is 3.57. The topological polar surface area (TPSA) is 96.6 Å². The minimum Gasteiger partial charge on any atom is -0.393 e. The Bertz CT molecular complexity index is 523. The lowest BCUT2D eigenvalue weighted by atomic mass is 9.99. The molecule has 0 radical (unpaired) electrons. The van der Waals surface area contributed by atoms with Crippen LogP contribution in [0.5, 0.6) is 0 Å². The van der Waals surface area contributed by atoms with Gasteiger partial charge in [-0.2, -0.15) is 4.98 Å². The zero-order chi connectivity index (χ0) is 14.2. The van der Waals surface area contributed by atoms with Crippen LogP contribution in [0.3, 0.4) is 0 Å². The first-order chi connectivity index (χ1) is 8.92. The molecule has 1 aliphatic rings. The van der Waals surface area contributed by atoms with E-state index in [1.807, 2.05) is 0 Å². The van der Waals surface area contributed by atoms with Crippen LogP contribution < -0.4 is 11.0 Å². The smallest absolute Gasteiger partial charge is 0.351 e. The SMILES string of the molecule is CNc1ccn([C@@H]2O[C@](C)(CO)[C@@H](O)[C@H]2F)c(=O)n1. The van der Waals surface area contributed by atoms with Gasteiger partial charge in [0.1, 0.15) is 17.5 Å². The molecule has 3 N–H and O–H groups in total. The second-order valence-corrected chi connectivity index (χ2v) is 4.62. The molecule has 1 saturated heterocycles. The molecule has 0 saturated carbocycles. The Morgan fingerprint density at radius 3 is 2.84 bits per heavy atom. The fourth-order valence-electron chi connectivity index (χ4n) is 1.99. The number of alkyl halides is 1. The number of anilines is 1. The molecule has 106 valence electrons. The molecule has 0 aliphatic carbocycles. The van der Waals surface area contributed by atoms with Crippen molar-refractivity contribution in [2.24, 2.45) is 0 Å². The quantitative estimate of drug-likeness (QED) is 0.671. The molecule has 4 atom stereocenters. The van der Waals surface area contributed by atoms with Crippen molar-refractivity contribution in [3.05, 3.63) is 22.7 Å². The Morgan fingerprint density at radius 2 is 2.37 bits per heavy atom. The number of aliphatic hydroxyl groups is 2. The van der Waals surface area contributed by atoms with Gasteiger partial charge in [0.2, 0.25) is 0 Å². The lowest BCUT2D eigenvalue weighted by molar-refractivity contribution is -0.117. The number of rotatable bonds is 3. The second-order valence-electron chi connectivity index (χ2n) is 4.62. The van der Waals surface area contributed by atoms with Crippen molar-refractivity contribution >= 4 is 5.82 Å². The van der Waals surface area contributed by atoms with Crippen LogP contribution in [0.4, 0.5) is 10.2 Å². The van der Waals surface area contributed by atoms with Crippen LogP contribution in [0, 0.1) is 0 Å². The third-order valence-corrected chi connectivity index (χ3v) is 3.26. The summed E-state index contributed by atoms with van der Waals surface area (Å²) >= 11 is 0. The second kappa shape index (κ2) is 4.87. The van der Waals surface area contributed by atoms with Crippen molar-refractivity contribution in [2.75, 3.05) is 19.0 Å². The summed E-state index contributed by atoms with van der Waals surface area (Å²) in [5, 5.41) is 21.6. The van der Waals surface area contributed by atoms with Gasteiger partial charge in [0.25, 0.3) is 0 Å². The molecule has 19 heavy (non-hydrogen) atoms. The average Bonchev–Trinajstić information content (AvgIpc) is 2.64. The molecule has 1 aliphatic heterocycles. The maximum atomic E-state index is 14.0. The van der Waals surface area contributed by atoms with Gasteiger partial charge in [-0.05, 0) is 13.0 Å². The average molecular weight is 273 g/mol. The number of hydrogen-bond acceptors (Lipinski definition) is 6. The number of aromatic nitrogens is 2. The predicted octanol–water partition coefficient (Wildman–Crippen LogP) is -0.736. The van der Waals surface area contributed by atoms with Gasteiger partial charge in [0, 0.05) is 13.2 Å². The maximum Gasteiger partial charge on any atom is 0.351 e. The first-order valence-corrected chi connectivity index (χ1v) is 5.80. The molecule has 2 rings (SSSR count). The Labute approximate surface area is 108 Å². The molecule has 0 spiro atoms. The van der Waals surface area contributed by atoms with Crippen LogP contribution in [0.2, 0.25) is 0 Å². The van der Waals surface area contributed by atoms with E-state index in [0.29, 0.717) is 5.82 Å². The third-order valence-electron chi connectivity index (χ3n) is 3.26. The molecule has 0 unspecified atom stereocenters. The van der Waals surface area contributed by atoms with Gasteiger partial charge < -0.3 is 20.3 Å². The molecule has 1 aromatic heterocycles. The predicted molar refractivity (Wildman–Crippen MR) is 64.6 cm³/mol. The molecule has 0 aromatic carbocycles. The summed E-state index contributed by atoms with van der Waals surface area (Å²) in [6.07, 6.45) is -3.32. The Balaban J connectivity index is 2.36. The largest absolute Gasteiger partial charge is 0.393 e. The van der Waals surface area contributed by atoms with E-state index < -0.39 is 36.4 Å².